The highest BCUT2D eigenvalue weighted by Gasteiger charge is 2.12. The van der Waals surface area contributed by atoms with Crippen LogP contribution >= 0.6 is 27.7 Å². The molecule has 0 aliphatic carbocycles. The number of hydrogen-bond acceptors (Lipinski definition) is 7. The minimum Gasteiger partial charge on any atom is -0.368 e. The van der Waals surface area contributed by atoms with E-state index in [1.165, 1.54) is 11.8 Å². The first kappa shape index (κ1) is 14.1. The molecule has 3 aromatic rings. The molecule has 0 atom stereocenters. The van der Waals surface area contributed by atoms with Crippen LogP contribution in [0.1, 0.15) is 5.89 Å². The van der Waals surface area contributed by atoms with Crippen LogP contribution in [0.15, 0.2) is 38.4 Å². The van der Waals surface area contributed by atoms with Crippen LogP contribution in [0.3, 0.4) is 0 Å². The zero-order valence-corrected chi connectivity index (χ0v) is 13.4. The van der Waals surface area contributed by atoms with E-state index in [0.717, 1.165) is 10.0 Å². The molecule has 0 saturated carbocycles. The maximum Gasteiger partial charge on any atom is 0.237 e. The fourth-order valence-electron chi connectivity index (χ4n) is 1.64. The summed E-state index contributed by atoms with van der Waals surface area (Å²) in [7, 11) is 1.80. The van der Waals surface area contributed by atoms with E-state index >= 15 is 0 Å². The second kappa shape index (κ2) is 5.86. The lowest BCUT2D eigenvalue weighted by atomic mass is 10.2. The summed E-state index contributed by atoms with van der Waals surface area (Å²) in [6.07, 6.45) is 0. The Labute approximate surface area is 133 Å². The van der Waals surface area contributed by atoms with Crippen molar-refractivity contribution in [2.75, 3.05) is 5.73 Å². The van der Waals surface area contributed by atoms with Gasteiger partial charge in [-0.05, 0) is 12.1 Å². The topological polar surface area (TPSA) is 95.7 Å². The third-order valence-corrected chi connectivity index (χ3v) is 4.24. The van der Waals surface area contributed by atoms with Gasteiger partial charge in [0.05, 0.1) is 5.75 Å². The van der Waals surface area contributed by atoms with Gasteiger partial charge in [-0.25, -0.2) is 0 Å². The standard InChI is InChI=1S/C12H11BrN6OS/c1-19-11(14)16-17-12(19)21-6-9-15-10(18-20-9)7-3-2-4-8(13)5-7/h2-5H,6H2,1H3,(H2,14,16). The van der Waals surface area contributed by atoms with Crippen LogP contribution in [-0.4, -0.2) is 24.9 Å². The molecule has 21 heavy (non-hydrogen) atoms. The largest absolute Gasteiger partial charge is 0.368 e. The third-order valence-electron chi connectivity index (χ3n) is 2.74. The second-order valence-electron chi connectivity index (χ2n) is 4.21. The molecule has 2 N–H and O–H groups in total. The Morgan fingerprint density at radius 2 is 2.24 bits per heavy atom. The molecule has 2 heterocycles. The predicted molar refractivity (Wildman–Crippen MR) is 82.4 cm³/mol. The minimum absolute atomic E-state index is 0.373. The maximum atomic E-state index is 5.62. The fraction of sp³-hybridized carbons (Fsp3) is 0.167. The fourth-order valence-corrected chi connectivity index (χ4v) is 2.79. The highest BCUT2D eigenvalue weighted by molar-refractivity contribution is 9.10. The molecule has 1 aromatic carbocycles. The Hall–Kier alpha value is -1.87. The van der Waals surface area contributed by atoms with E-state index in [0.29, 0.717) is 28.6 Å². The predicted octanol–water partition coefficient (Wildman–Crippen LogP) is 2.50. The maximum absolute atomic E-state index is 5.62. The van der Waals surface area contributed by atoms with Gasteiger partial charge in [-0.15, -0.1) is 10.2 Å². The Kier molecular flexibility index (Phi) is 3.93. The molecule has 0 fully saturated rings. The molecule has 0 unspecified atom stereocenters. The summed E-state index contributed by atoms with van der Waals surface area (Å²) in [5.41, 5.74) is 6.52. The monoisotopic (exact) mass is 366 g/mol. The van der Waals surface area contributed by atoms with Gasteiger partial charge in [-0.1, -0.05) is 45.0 Å². The van der Waals surface area contributed by atoms with Gasteiger partial charge in [0, 0.05) is 17.1 Å². The molecular weight excluding hydrogens is 356 g/mol. The summed E-state index contributed by atoms with van der Waals surface area (Å²) in [6.45, 7) is 0. The highest BCUT2D eigenvalue weighted by Crippen LogP contribution is 2.24. The zero-order chi connectivity index (χ0) is 14.8. The molecule has 0 radical (unpaired) electrons. The summed E-state index contributed by atoms with van der Waals surface area (Å²) in [6, 6.07) is 7.73. The quantitative estimate of drug-likeness (QED) is 0.708. The van der Waals surface area contributed by atoms with Crippen LogP contribution in [-0.2, 0) is 12.8 Å². The number of nitrogens with two attached hydrogens (primary N) is 1. The molecular formula is C12H11BrN6OS. The van der Waals surface area contributed by atoms with Crippen molar-refractivity contribution >= 4 is 33.6 Å². The average Bonchev–Trinajstić information content (AvgIpc) is 3.06. The molecule has 108 valence electrons. The molecule has 0 amide bonds. The van der Waals surface area contributed by atoms with Crippen molar-refractivity contribution in [2.45, 2.75) is 10.9 Å². The van der Waals surface area contributed by atoms with E-state index in [1.54, 1.807) is 11.6 Å². The van der Waals surface area contributed by atoms with Gasteiger partial charge < -0.3 is 10.3 Å². The van der Waals surface area contributed by atoms with Gasteiger partial charge in [0.15, 0.2) is 5.16 Å². The van der Waals surface area contributed by atoms with Crippen molar-refractivity contribution in [3.63, 3.8) is 0 Å². The number of thioether (sulfide) groups is 1. The zero-order valence-electron chi connectivity index (χ0n) is 11.0. The number of hydrogen-bond donors (Lipinski definition) is 1. The highest BCUT2D eigenvalue weighted by atomic mass is 79.9. The molecule has 0 aliphatic heterocycles. The Morgan fingerprint density at radius 1 is 1.38 bits per heavy atom. The number of nitrogens with zero attached hydrogens (tertiary/aromatic N) is 5. The number of benzene rings is 1. The van der Waals surface area contributed by atoms with Crippen LogP contribution in [0.2, 0.25) is 0 Å². The Balaban J connectivity index is 1.72. The summed E-state index contributed by atoms with van der Waals surface area (Å²) >= 11 is 4.85. The normalized spacial score (nSPS) is 11.0. The van der Waals surface area contributed by atoms with Crippen molar-refractivity contribution < 1.29 is 4.52 Å². The summed E-state index contributed by atoms with van der Waals surface area (Å²) < 4.78 is 7.91. The van der Waals surface area contributed by atoms with E-state index in [-0.39, 0.29) is 0 Å². The van der Waals surface area contributed by atoms with E-state index in [4.69, 9.17) is 10.3 Å². The summed E-state index contributed by atoms with van der Waals surface area (Å²) in [4.78, 5) is 4.37. The van der Waals surface area contributed by atoms with Crippen molar-refractivity contribution in [2.24, 2.45) is 7.05 Å². The SMILES string of the molecule is Cn1c(N)nnc1SCc1nc(-c2cccc(Br)c2)no1. The second-order valence-corrected chi connectivity index (χ2v) is 6.07. The van der Waals surface area contributed by atoms with Crippen LogP contribution in [0.4, 0.5) is 5.95 Å². The minimum atomic E-state index is 0.373. The molecule has 3 rings (SSSR count). The van der Waals surface area contributed by atoms with Gasteiger partial charge in [-0.3, -0.25) is 4.57 Å². The summed E-state index contributed by atoms with van der Waals surface area (Å²) in [5.74, 6) is 1.96. The molecule has 7 nitrogen and oxygen atoms in total. The number of nitrogen functional groups attached to an aromatic ring is 1. The first-order chi connectivity index (χ1) is 10.1. The van der Waals surface area contributed by atoms with Gasteiger partial charge in [0.2, 0.25) is 17.7 Å². The molecule has 0 spiro atoms. The van der Waals surface area contributed by atoms with Crippen molar-refractivity contribution in [3.8, 4) is 11.4 Å². The van der Waals surface area contributed by atoms with Crippen LogP contribution in [0, 0.1) is 0 Å². The lowest BCUT2D eigenvalue weighted by molar-refractivity contribution is 0.391. The smallest absolute Gasteiger partial charge is 0.237 e. The molecule has 0 saturated heterocycles. The van der Waals surface area contributed by atoms with E-state index in [1.807, 2.05) is 24.3 Å². The Morgan fingerprint density at radius 3 is 2.95 bits per heavy atom. The van der Waals surface area contributed by atoms with Gasteiger partial charge >= 0.3 is 0 Å². The van der Waals surface area contributed by atoms with Gasteiger partial charge in [0.1, 0.15) is 0 Å². The van der Waals surface area contributed by atoms with E-state index in [9.17, 15) is 0 Å². The third kappa shape index (κ3) is 3.08. The number of rotatable bonds is 4. The number of anilines is 1. The van der Waals surface area contributed by atoms with Crippen LogP contribution < -0.4 is 5.73 Å². The molecule has 2 aromatic heterocycles. The molecule has 0 aliphatic rings. The molecule has 0 bridgehead atoms. The van der Waals surface area contributed by atoms with Crippen molar-refractivity contribution in [1.29, 1.82) is 0 Å². The lowest BCUT2D eigenvalue weighted by Crippen LogP contribution is -1.98. The molecule has 9 heteroatoms. The van der Waals surface area contributed by atoms with Crippen LogP contribution in [0.25, 0.3) is 11.4 Å². The van der Waals surface area contributed by atoms with E-state index in [2.05, 4.69) is 36.3 Å². The Bertz CT molecular complexity index is 771. The first-order valence-corrected chi connectivity index (χ1v) is 7.77. The van der Waals surface area contributed by atoms with Gasteiger partial charge in [0.25, 0.3) is 0 Å². The van der Waals surface area contributed by atoms with E-state index < -0.39 is 0 Å². The first-order valence-electron chi connectivity index (χ1n) is 5.99. The number of halogens is 1. The average molecular weight is 367 g/mol. The lowest BCUT2D eigenvalue weighted by Gasteiger charge is -1.97. The van der Waals surface area contributed by atoms with Gasteiger partial charge in [-0.2, -0.15) is 4.98 Å². The summed E-state index contributed by atoms with van der Waals surface area (Å²) in [5, 5.41) is 12.4. The number of aromatic nitrogens is 5. The van der Waals surface area contributed by atoms with Crippen molar-refractivity contribution in [1.82, 2.24) is 24.9 Å². The van der Waals surface area contributed by atoms with Crippen molar-refractivity contribution in [3.05, 3.63) is 34.6 Å². The van der Waals surface area contributed by atoms with Crippen LogP contribution in [0.5, 0.6) is 0 Å².